The van der Waals surface area contributed by atoms with Crippen LogP contribution in [0, 0.1) is 10.1 Å². The maximum atomic E-state index is 11.9. The van der Waals surface area contributed by atoms with Crippen molar-refractivity contribution in [3.63, 3.8) is 0 Å². The van der Waals surface area contributed by atoms with Crippen molar-refractivity contribution in [1.82, 2.24) is 9.88 Å². The lowest BCUT2D eigenvalue weighted by molar-refractivity contribution is -0.385. The molecule has 7 heteroatoms. The van der Waals surface area contributed by atoms with Crippen LogP contribution in [0.25, 0.3) is 0 Å². The van der Waals surface area contributed by atoms with Gasteiger partial charge in [-0.15, -0.1) is 0 Å². The van der Waals surface area contributed by atoms with Crippen LogP contribution in [0.4, 0.5) is 5.69 Å². The van der Waals surface area contributed by atoms with Crippen LogP contribution in [0.2, 0.25) is 0 Å². The predicted octanol–water partition coefficient (Wildman–Crippen LogP) is 1.57. The SMILES string of the molecule is Cn1ccc(CNC(=O)c2ccc([N+](=O)[O-])c(O)c2)c1. The maximum Gasteiger partial charge on any atom is 0.310 e. The molecule has 0 atom stereocenters. The minimum atomic E-state index is -0.707. The van der Waals surface area contributed by atoms with Crippen LogP contribution in [0.15, 0.2) is 36.7 Å². The van der Waals surface area contributed by atoms with Crippen molar-refractivity contribution in [2.24, 2.45) is 7.05 Å². The Balaban J connectivity index is 2.06. The average molecular weight is 275 g/mol. The van der Waals surface area contributed by atoms with E-state index in [2.05, 4.69) is 5.32 Å². The van der Waals surface area contributed by atoms with Crippen LogP contribution in [0.5, 0.6) is 5.75 Å². The third-order valence-electron chi connectivity index (χ3n) is 2.78. The Morgan fingerprint density at radius 3 is 2.75 bits per heavy atom. The fourth-order valence-electron chi connectivity index (χ4n) is 1.77. The number of nitrogens with zero attached hydrogens (tertiary/aromatic N) is 2. The molecule has 7 nitrogen and oxygen atoms in total. The number of carbonyl (C=O) groups excluding carboxylic acids is 1. The molecular weight excluding hydrogens is 262 g/mol. The van der Waals surface area contributed by atoms with Gasteiger partial charge in [0.1, 0.15) is 0 Å². The second-order valence-corrected chi connectivity index (χ2v) is 4.33. The molecule has 0 unspecified atom stereocenters. The largest absolute Gasteiger partial charge is 0.502 e. The van der Waals surface area contributed by atoms with Crippen LogP contribution < -0.4 is 5.32 Å². The molecule has 0 aliphatic carbocycles. The van der Waals surface area contributed by atoms with E-state index in [0.717, 1.165) is 17.7 Å². The molecule has 0 fully saturated rings. The number of phenols is 1. The van der Waals surface area contributed by atoms with Crippen LogP contribution in [-0.2, 0) is 13.6 Å². The highest BCUT2D eigenvalue weighted by molar-refractivity contribution is 5.94. The van der Waals surface area contributed by atoms with E-state index >= 15 is 0 Å². The smallest absolute Gasteiger partial charge is 0.310 e. The Labute approximate surface area is 114 Å². The summed E-state index contributed by atoms with van der Waals surface area (Å²) in [5.41, 5.74) is 0.681. The molecule has 2 rings (SSSR count). The van der Waals surface area contributed by atoms with Gasteiger partial charge in [0.25, 0.3) is 5.91 Å². The lowest BCUT2D eigenvalue weighted by atomic mass is 10.1. The zero-order valence-electron chi connectivity index (χ0n) is 10.7. The van der Waals surface area contributed by atoms with Crippen LogP contribution in [0.3, 0.4) is 0 Å². The number of nitrogens with one attached hydrogen (secondary N) is 1. The second-order valence-electron chi connectivity index (χ2n) is 4.33. The zero-order valence-corrected chi connectivity index (χ0v) is 10.7. The van der Waals surface area contributed by atoms with Crippen molar-refractivity contribution >= 4 is 11.6 Å². The topological polar surface area (TPSA) is 97.4 Å². The van der Waals surface area contributed by atoms with Crippen molar-refractivity contribution in [1.29, 1.82) is 0 Å². The molecule has 104 valence electrons. The highest BCUT2D eigenvalue weighted by atomic mass is 16.6. The van der Waals surface area contributed by atoms with Crippen molar-refractivity contribution in [2.45, 2.75) is 6.54 Å². The van der Waals surface area contributed by atoms with Gasteiger partial charge in [-0.3, -0.25) is 14.9 Å². The Morgan fingerprint density at radius 2 is 2.20 bits per heavy atom. The molecule has 0 saturated carbocycles. The lowest BCUT2D eigenvalue weighted by Gasteiger charge is -2.04. The van der Waals surface area contributed by atoms with Gasteiger partial charge in [0.2, 0.25) is 0 Å². The number of benzene rings is 1. The molecule has 0 aliphatic rings. The van der Waals surface area contributed by atoms with E-state index in [-0.39, 0.29) is 5.56 Å². The molecule has 2 aromatic rings. The summed E-state index contributed by atoms with van der Waals surface area (Å²) < 4.78 is 1.86. The van der Waals surface area contributed by atoms with E-state index in [0.29, 0.717) is 6.54 Å². The summed E-state index contributed by atoms with van der Waals surface area (Å²) in [5.74, 6) is -0.929. The molecule has 0 aliphatic heterocycles. The van der Waals surface area contributed by atoms with Crippen molar-refractivity contribution in [3.05, 3.63) is 57.9 Å². The monoisotopic (exact) mass is 275 g/mol. The Morgan fingerprint density at radius 1 is 1.45 bits per heavy atom. The number of rotatable bonds is 4. The molecule has 1 aromatic carbocycles. The minimum absolute atomic E-state index is 0.170. The fourth-order valence-corrected chi connectivity index (χ4v) is 1.77. The summed E-state index contributed by atoms with van der Waals surface area (Å²) in [4.78, 5) is 21.7. The van der Waals surface area contributed by atoms with Crippen LogP contribution in [0.1, 0.15) is 15.9 Å². The summed E-state index contributed by atoms with van der Waals surface area (Å²) in [6.07, 6.45) is 3.73. The number of phenolic OH excluding ortho intramolecular Hbond substituents is 1. The molecule has 0 spiro atoms. The fraction of sp³-hybridized carbons (Fsp3) is 0.154. The number of nitro groups is 1. The van der Waals surface area contributed by atoms with E-state index in [4.69, 9.17) is 0 Å². The first kappa shape index (κ1) is 13.6. The zero-order chi connectivity index (χ0) is 14.7. The number of hydrogen-bond donors (Lipinski definition) is 2. The molecule has 0 radical (unpaired) electrons. The highest BCUT2D eigenvalue weighted by Crippen LogP contribution is 2.26. The van der Waals surface area contributed by atoms with Gasteiger partial charge < -0.3 is 15.0 Å². The minimum Gasteiger partial charge on any atom is -0.502 e. The van der Waals surface area contributed by atoms with Crippen LogP contribution in [-0.4, -0.2) is 20.5 Å². The lowest BCUT2D eigenvalue weighted by Crippen LogP contribution is -2.22. The Kier molecular flexibility index (Phi) is 3.69. The average Bonchev–Trinajstić information content (AvgIpc) is 2.81. The van der Waals surface area contributed by atoms with Crippen molar-refractivity contribution in [3.8, 4) is 5.75 Å². The normalized spacial score (nSPS) is 10.2. The summed E-state index contributed by atoms with van der Waals surface area (Å²) in [7, 11) is 1.87. The number of amides is 1. The summed E-state index contributed by atoms with van der Waals surface area (Å²) in [5, 5.41) is 22.7. The maximum absolute atomic E-state index is 11.9. The molecular formula is C13H13N3O4. The van der Waals surface area contributed by atoms with Crippen LogP contribution >= 0.6 is 0 Å². The van der Waals surface area contributed by atoms with Gasteiger partial charge in [-0.2, -0.15) is 0 Å². The number of carbonyl (C=O) groups is 1. The number of aryl methyl sites for hydroxylation is 1. The number of hydrogen-bond acceptors (Lipinski definition) is 4. The Bertz CT molecular complexity index is 663. The van der Waals surface area contributed by atoms with Gasteiger partial charge in [0, 0.05) is 37.6 Å². The van der Waals surface area contributed by atoms with Crippen molar-refractivity contribution < 1.29 is 14.8 Å². The molecule has 1 aromatic heterocycles. The first-order valence-corrected chi connectivity index (χ1v) is 5.84. The first-order valence-electron chi connectivity index (χ1n) is 5.84. The molecule has 1 amide bonds. The van der Waals surface area contributed by atoms with Gasteiger partial charge in [-0.25, -0.2) is 0 Å². The molecule has 20 heavy (non-hydrogen) atoms. The summed E-state index contributed by atoms with van der Waals surface area (Å²) in [6, 6.07) is 5.36. The van der Waals surface area contributed by atoms with E-state index in [9.17, 15) is 20.0 Å². The predicted molar refractivity (Wildman–Crippen MR) is 71.3 cm³/mol. The third-order valence-corrected chi connectivity index (χ3v) is 2.78. The van der Waals surface area contributed by atoms with E-state index < -0.39 is 22.3 Å². The molecule has 1 heterocycles. The Hall–Kier alpha value is -2.83. The van der Waals surface area contributed by atoms with E-state index in [1.165, 1.54) is 6.07 Å². The van der Waals surface area contributed by atoms with Gasteiger partial charge in [0.05, 0.1) is 4.92 Å². The third kappa shape index (κ3) is 2.94. The molecule has 0 bridgehead atoms. The first-order chi connectivity index (χ1) is 9.47. The summed E-state index contributed by atoms with van der Waals surface area (Å²) in [6.45, 7) is 0.345. The van der Waals surface area contributed by atoms with Gasteiger partial charge in [0.15, 0.2) is 5.75 Å². The van der Waals surface area contributed by atoms with Crippen molar-refractivity contribution in [2.75, 3.05) is 0 Å². The summed E-state index contributed by atoms with van der Waals surface area (Å²) >= 11 is 0. The standard InChI is InChI=1S/C13H13N3O4/c1-15-5-4-9(8-15)7-14-13(18)10-2-3-11(16(19)20)12(17)6-10/h2-6,8,17H,7H2,1H3,(H,14,18). The van der Waals surface area contributed by atoms with E-state index in [1.54, 1.807) is 0 Å². The van der Waals surface area contributed by atoms with Gasteiger partial charge in [-0.05, 0) is 23.8 Å². The van der Waals surface area contributed by atoms with E-state index in [1.807, 2.05) is 30.1 Å². The molecule has 0 saturated heterocycles. The highest BCUT2D eigenvalue weighted by Gasteiger charge is 2.15. The number of aromatic nitrogens is 1. The number of aromatic hydroxyl groups is 1. The van der Waals surface area contributed by atoms with Gasteiger partial charge >= 0.3 is 5.69 Å². The number of nitro benzene ring substituents is 1. The molecule has 2 N–H and O–H groups in total. The second kappa shape index (κ2) is 5.43. The quantitative estimate of drug-likeness (QED) is 0.653. The van der Waals surface area contributed by atoms with Gasteiger partial charge in [-0.1, -0.05) is 0 Å².